The zero-order valence-corrected chi connectivity index (χ0v) is 11.6. The normalized spacial score (nSPS) is 10.4. The molecule has 0 aliphatic heterocycles. The summed E-state index contributed by atoms with van der Waals surface area (Å²) in [6, 6.07) is 11.3. The molecule has 0 spiro atoms. The molecule has 1 aromatic carbocycles. The number of rotatable bonds is 4. The van der Waals surface area contributed by atoms with Gasteiger partial charge in [0, 0.05) is 18.0 Å². The molecule has 5 heteroatoms. The molecule has 3 rings (SSSR count). The Morgan fingerprint density at radius 1 is 1.14 bits per heavy atom. The fourth-order valence-electron chi connectivity index (χ4n) is 2.05. The highest BCUT2D eigenvalue weighted by Crippen LogP contribution is 2.19. The van der Waals surface area contributed by atoms with E-state index in [1.54, 1.807) is 42.8 Å². The molecule has 2 heterocycles. The van der Waals surface area contributed by atoms with Crippen LogP contribution in [0.4, 0.5) is 4.39 Å². The molecule has 110 valence electrons. The van der Waals surface area contributed by atoms with E-state index in [1.807, 2.05) is 0 Å². The Morgan fingerprint density at radius 2 is 1.95 bits per heavy atom. The molecule has 0 aliphatic carbocycles. The van der Waals surface area contributed by atoms with Crippen LogP contribution in [0.15, 0.2) is 65.5 Å². The number of halogens is 1. The van der Waals surface area contributed by atoms with Crippen LogP contribution in [0.25, 0.3) is 11.1 Å². The van der Waals surface area contributed by atoms with Crippen molar-refractivity contribution in [2.24, 2.45) is 0 Å². The van der Waals surface area contributed by atoms with Gasteiger partial charge in [-0.05, 0) is 35.9 Å². The summed E-state index contributed by atoms with van der Waals surface area (Å²) in [5, 5.41) is 2.76. The highest BCUT2D eigenvalue weighted by molar-refractivity contribution is 5.94. The van der Waals surface area contributed by atoms with E-state index in [0.717, 1.165) is 11.1 Å². The molecule has 3 aromatic rings. The van der Waals surface area contributed by atoms with E-state index >= 15 is 0 Å². The molecule has 0 unspecified atom stereocenters. The quantitative estimate of drug-likeness (QED) is 0.802. The first kappa shape index (κ1) is 14.0. The molecule has 22 heavy (non-hydrogen) atoms. The smallest absolute Gasteiger partial charge is 0.253 e. The van der Waals surface area contributed by atoms with E-state index in [0.29, 0.717) is 17.9 Å². The summed E-state index contributed by atoms with van der Waals surface area (Å²) in [4.78, 5) is 16.2. The second kappa shape index (κ2) is 6.22. The number of carbonyl (C=O) groups is 1. The number of hydrogen-bond acceptors (Lipinski definition) is 3. The second-order valence-electron chi connectivity index (χ2n) is 4.73. The van der Waals surface area contributed by atoms with Crippen molar-refractivity contribution in [3.63, 3.8) is 0 Å². The van der Waals surface area contributed by atoms with Gasteiger partial charge in [-0.1, -0.05) is 12.1 Å². The zero-order chi connectivity index (χ0) is 15.4. The number of carbonyl (C=O) groups excluding carboxylic acids is 1. The van der Waals surface area contributed by atoms with E-state index in [-0.39, 0.29) is 11.7 Å². The van der Waals surface area contributed by atoms with Crippen molar-refractivity contribution in [3.8, 4) is 11.1 Å². The average Bonchev–Trinajstić information content (AvgIpc) is 3.07. The predicted molar refractivity (Wildman–Crippen MR) is 79.5 cm³/mol. The number of aromatic nitrogens is 1. The lowest BCUT2D eigenvalue weighted by Crippen LogP contribution is -2.22. The van der Waals surface area contributed by atoms with Crippen LogP contribution in [-0.4, -0.2) is 10.9 Å². The lowest BCUT2D eigenvalue weighted by Gasteiger charge is -2.06. The Labute approximate surface area is 126 Å². The van der Waals surface area contributed by atoms with Gasteiger partial charge in [-0.15, -0.1) is 0 Å². The first-order chi connectivity index (χ1) is 10.7. The van der Waals surface area contributed by atoms with Gasteiger partial charge in [0.05, 0.1) is 18.4 Å². The molecule has 0 atom stereocenters. The number of furan rings is 1. The van der Waals surface area contributed by atoms with Crippen LogP contribution in [-0.2, 0) is 6.54 Å². The van der Waals surface area contributed by atoms with Crippen LogP contribution < -0.4 is 5.32 Å². The van der Waals surface area contributed by atoms with Crippen molar-refractivity contribution in [3.05, 3.63) is 78.3 Å². The number of nitrogens with zero attached hydrogens (tertiary/aromatic N) is 1. The molecule has 0 radical (unpaired) electrons. The maximum Gasteiger partial charge on any atom is 0.253 e. The van der Waals surface area contributed by atoms with Crippen LogP contribution in [0.5, 0.6) is 0 Å². The van der Waals surface area contributed by atoms with Crippen molar-refractivity contribution in [2.75, 3.05) is 0 Å². The minimum absolute atomic E-state index is 0.243. The third-order valence-electron chi connectivity index (χ3n) is 3.18. The van der Waals surface area contributed by atoms with E-state index < -0.39 is 0 Å². The fraction of sp³-hybridized carbons (Fsp3) is 0.0588. The van der Waals surface area contributed by atoms with Crippen LogP contribution in [0.1, 0.15) is 16.1 Å². The van der Waals surface area contributed by atoms with E-state index in [9.17, 15) is 9.18 Å². The van der Waals surface area contributed by atoms with Gasteiger partial charge >= 0.3 is 0 Å². The Bertz CT molecular complexity index is 768. The van der Waals surface area contributed by atoms with Gasteiger partial charge in [0.25, 0.3) is 5.91 Å². The van der Waals surface area contributed by atoms with Gasteiger partial charge < -0.3 is 9.73 Å². The van der Waals surface area contributed by atoms with Crippen LogP contribution >= 0.6 is 0 Å². The summed E-state index contributed by atoms with van der Waals surface area (Å²) in [6.07, 6.45) is 4.68. The van der Waals surface area contributed by atoms with Gasteiger partial charge in [0.2, 0.25) is 0 Å². The first-order valence-electron chi connectivity index (χ1n) is 6.74. The van der Waals surface area contributed by atoms with E-state index in [4.69, 9.17) is 4.42 Å². The molecule has 4 nitrogen and oxygen atoms in total. The summed E-state index contributed by atoms with van der Waals surface area (Å²) in [6.45, 7) is 0.312. The number of pyridine rings is 1. The number of amides is 1. The minimum atomic E-state index is -0.302. The number of benzene rings is 1. The number of hydrogen-bond donors (Lipinski definition) is 1. The molecular weight excluding hydrogens is 283 g/mol. The summed E-state index contributed by atoms with van der Waals surface area (Å²) in [5.41, 5.74) is 1.99. The predicted octanol–water partition coefficient (Wildman–Crippen LogP) is 3.41. The largest absolute Gasteiger partial charge is 0.467 e. The lowest BCUT2D eigenvalue weighted by atomic mass is 10.1. The fourth-order valence-corrected chi connectivity index (χ4v) is 2.05. The van der Waals surface area contributed by atoms with Crippen LogP contribution in [0.2, 0.25) is 0 Å². The third kappa shape index (κ3) is 3.20. The molecule has 1 amide bonds. The Balaban J connectivity index is 1.75. The maximum atomic E-state index is 13.0. The van der Waals surface area contributed by atoms with Gasteiger partial charge in [0.15, 0.2) is 0 Å². The SMILES string of the molecule is O=C(NCc1ccco1)c1cncc(-c2ccc(F)cc2)c1. The molecule has 0 fully saturated rings. The summed E-state index contributed by atoms with van der Waals surface area (Å²) >= 11 is 0. The third-order valence-corrected chi connectivity index (χ3v) is 3.18. The second-order valence-corrected chi connectivity index (χ2v) is 4.73. The molecule has 0 saturated carbocycles. The van der Waals surface area contributed by atoms with Crippen molar-refractivity contribution in [1.29, 1.82) is 0 Å². The molecule has 0 aliphatic rings. The Morgan fingerprint density at radius 3 is 2.68 bits per heavy atom. The van der Waals surface area contributed by atoms with Crippen molar-refractivity contribution in [2.45, 2.75) is 6.54 Å². The molecule has 0 saturated heterocycles. The van der Waals surface area contributed by atoms with Crippen LogP contribution in [0.3, 0.4) is 0 Å². The average molecular weight is 296 g/mol. The molecule has 2 aromatic heterocycles. The van der Waals surface area contributed by atoms with Gasteiger partial charge in [-0.2, -0.15) is 0 Å². The topological polar surface area (TPSA) is 55.1 Å². The Kier molecular flexibility index (Phi) is 3.96. The molecule has 1 N–H and O–H groups in total. The summed E-state index contributed by atoms with van der Waals surface area (Å²) < 4.78 is 18.1. The monoisotopic (exact) mass is 296 g/mol. The van der Waals surface area contributed by atoms with Gasteiger partial charge in [-0.3, -0.25) is 9.78 Å². The van der Waals surface area contributed by atoms with Crippen molar-refractivity contribution < 1.29 is 13.6 Å². The highest BCUT2D eigenvalue weighted by atomic mass is 19.1. The minimum Gasteiger partial charge on any atom is -0.467 e. The maximum absolute atomic E-state index is 13.0. The zero-order valence-electron chi connectivity index (χ0n) is 11.6. The Hall–Kier alpha value is -2.95. The molecular formula is C17H13FN2O2. The van der Waals surface area contributed by atoms with E-state index in [2.05, 4.69) is 10.3 Å². The van der Waals surface area contributed by atoms with Crippen molar-refractivity contribution >= 4 is 5.91 Å². The summed E-state index contributed by atoms with van der Waals surface area (Å²) in [5.74, 6) is 0.132. The first-order valence-corrected chi connectivity index (χ1v) is 6.74. The van der Waals surface area contributed by atoms with Gasteiger partial charge in [0.1, 0.15) is 11.6 Å². The molecule has 0 bridgehead atoms. The van der Waals surface area contributed by atoms with Crippen LogP contribution in [0, 0.1) is 5.82 Å². The van der Waals surface area contributed by atoms with Crippen molar-refractivity contribution in [1.82, 2.24) is 10.3 Å². The summed E-state index contributed by atoms with van der Waals surface area (Å²) in [7, 11) is 0. The lowest BCUT2D eigenvalue weighted by molar-refractivity contribution is 0.0947. The highest BCUT2D eigenvalue weighted by Gasteiger charge is 2.08. The number of nitrogens with one attached hydrogen (secondary N) is 1. The van der Waals surface area contributed by atoms with Gasteiger partial charge in [-0.25, -0.2) is 4.39 Å². The van der Waals surface area contributed by atoms with E-state index in [1.165, 1.54) is 18.3 Å². The standard InChI is InChI=1S/C17H13FN2O2/c18-15-5-3-12(4-6-15)13-8-14(10-19-9-13)17(21)20-11-16-2-1-7-22-16/h1-10H,11H2,(H,20,21).